The molecule has 0 amide bonds. The fourth-order valence-electron chi connectivity index (χ4n) is 3.45. The van der Waals surface area contributed by atoms with Crippen molar-refractivity contribution in [2.45, 2.75) is 26.6 Å². The van der Waals surface area contributed by atoms with Gasteiger partial charge >= 0.3 is 0 Å². The zero-order valence-electron chi connectivity index (χ0n) is 17.4. The molecule has 0 bridgehead atoms. The van der Waals surface area contributed by atoms with Crippen LogP contribution in [-0.2, 0) is 24.7 Å². The Balaban J connectivity index is 2.63. The van der Waals surface area contributed by atoms with Crippen LogP contribution in [0.25, 0.3) is 0 Å². The molecule has 0 aromatic heterocycles. The molecule has 0 saturated carbocycles. The third kappa shape index (κ3) is 5.06. The third-order valence-electron chi connectivity index (χ3n) is 4.53. The van der Waals surface area contributed by atoms with Gasteiger partial charge in [-0.2, -0.15) is 0 Å². The van der Waals surface area contributed by atoms with E-state index >= 15 is 0 Å². The van der Waals surface area contributed by atoms with Crippen molar-refractivity contribution in [3.05, 3.63) is 70.3 Å². The predicted molar refractivity (Wildman–Crippen MR) is 109 cm³/mol. The van der Waals surface area contributed by atoms with E-state index in [-0.39, 0.29) is 19.0 Å². The average molecular weight is 386 g/mol. The van der Waals surface area contributed by atoms with E-state index in [1.54, 1.807) is 26.4 Å². The van der Waals surface area contributed by atoms with Gasteiger partial charge in [0.1, 0.15) is 0 Å². The van der Waals surface area contributed by atoms with Gasteiger partial charge in [0.2, 0.25) is 5.78 Å². The number of hydrogen-bond acceptors (Lipinski definition) is 5. The molecule has 0 saturated heterocycles. The van der Waals surface area contributed by atoms with Crippen LogP contribution >= 0.6 is 0 Å². The van der Waals surface area contributed by atoms with Crippen molar-refractivity contribution >= 4 is 5.78 Å². The van der Waals surface area contributed by atoms with Crippen molar-refractivity contribution in [2.75, 3.05) is 40.6 Å². The van der Waals surface area contributed by atoms with Gasteiger partial charge in [-0.1, -0.05) is 48.0 Å². The van der Waals surface area contributed by atoms with Gasteiger partial charge in [-0.3, -0.25) is 4.79 Å². The van der Waals surface area contributed by atoms with Crippen molar-refractivity contribution in [1.29, 1.82) is 0 Å². The number of carbonyl (C=O) groups excluding carboxylic acids is 1. The molecule has 0 N–H and O–H groups in total. The summed E-state index contributed by atoms with van der Waals surface area (Å²) in [5, 5.41) is 0. The molecule has 5 nitrogen and oxygen atoms in total. The number of hydrogen-bond donors (Lipinski definition) is 0. The van der Waals surface area contributed by atoms with Gasteiger partial charge in [-0.15, -0.1) is 0 Å². The van der Waals surface area contributed by atoms with Crippen LogP contribution in [-0.4, -0.2) is 46.4 Å². The number of Topliss-reactive ketones (excluding diaryl/α,β-unsaturated/α-hetero) is 1. The third-order valence-corrected chi connectivity index (χ3v) is 4.53. The van der Waals surface area contributed by atoms with Gasteiger partial charge < -0.3 is 18.9 Å². The van der Waals surface area contributed by atoms with Crippen LogP contribution in [0.2, 0.25) is 0 Å². The average Bonchev–Trinajstić information content (AvgIpc) is 2.67. The van der Waals surface area contributed by atoms with E-state index in [4.69, 9.17) is 18.9 Å². The predicted octanol–water partition coefficient (Wildman–Crippen LogP) is 3.97. The lowest BCUT2D eigenvalue weighted by molar-refractivity contribution is -0.218. The minimum atomic E-state index is -1.57. The molecule has 0 heterocycles. The van der Waals surface area contributed by atoms with Crippen molar-refractivity contribution in [3.63, 3.8) is 0 Å². The Morgan fingerprint density at radius 2 is 1.32 bits per heavy atom. The molecule has 0 radical (unpaired) electrons. The molecule has 2 aromatic rings. The Hall–Kier alpha value is -2.05. The largest absolute Gasteiger partial charge is 0.382 e. The van der Waals surface area contributed by atoms with Crippen LogP contribution < -0.4 is 0 Å². The van der Waals surface area contributed by atoms with E-state index in [0.29, 0.717) is 18.8 Å². The van der Waals surface area contributed by atoms with Crippen LogP contribution in [0.1, 0.15) is 32.6 Å². The van der Waals surface area contributed by atoms with E-state index < -0.39 is 5.79 Å². The second-order valence-electron chi connectivity index (χ2n) is 6.77. The van der Waals surface area contributed by atoms with E-state index in [0.717, 1.165) is 22.3 Å². The lowest BCUT2D eigenvalue weighted by atomic mass is 9.88. The summed E-state index contributed by atoms with van der Waals surface area (Å²) in [6, 6.07) is 13.2. The summed E-state index contributed by atoms with van der Waals surface area (Å²) in [5.41, 5.74) is 4.26. The monoisotopic (exact) mass is 386 g/mol. The fourth-order valence-corrected chi connectivity index (χ4v) is 3.45. The summed E-state index contributed by atoms with van der Waals surface area (Å²) < 4.78 is 22.6. The van der Waals surface area contributed by atoms with Gasteiger partial charge in [-0.25, -0.2) is 0 Å². The van der Waals surface area contributed by atoms with Gasteiger partial charge in [0.05, 0.1) is 26.4 Å². The molecule has 2 aromatic carbocycles. The number of ketones is 1. The highest BCUT2D eigenvalue weighted by molar-refractivity contribution is 6.02. The summed E-state index contributed by atoms with van der Waals surface area (Å²) in [6.07, 6.45) is 0. The minimum absolute atomic E-state index is 0.217. The lowest BCUT2D eigenvalue weighted by Crippen LogP contribution is -2.44. The lowest BCUT2D eigenvalue weighted by Gasteiger charge is -2.35. The molecule has 0 aliphatic heterocycles. The van der Waals surface area contributed by atoms with Crippen molar-refractivity contribution in [2.24, 2.45) is 0 Å². The van der Waals surface area contributed by atoms with E-state index in [1.165, 1.54) is 0 Å². The number of aryl methyl sites for hydroxylation is 3. The summed E-state index contributed by atoms with van der Waals surface area (Å²) in [7, 11) is 3.19. The van der Waals surface area contributed by atoms with E-state index in [1.807, 2.05) is 51.1 Å². The highest BCUT2D eigenvalue weighted by Gasteiger charge is 2.45. The Bertz CT molecular complexity index is 737. The SMILES string of the molecule is COCCOC(OCCOC)(C(=O)c1ccccc1)c1c(C)cc(C)cc1C. The first-order chi connectivity index (χ1) is 13.5. The summed E-state index contributed by atoms with van der Waals surface area (Å²) in [6.45, 7) is 7.11. The van der Waals surface area contributed by atoms with Crippen molar-refractivity contribution in [3.8, 4) is 0 Å². The quantitative estimate of drug-likeness (QED) is 0.332. The number of benzene rings is 2. The van der Waals surface area contributed by atoms with Crippen molar-refractivity contribution in [1.82, 2.24) is 0 Å². The first-order valence-electron chi connectivity index (χ1n) is 9.40. The molecule has 28 heavy (non-hydrogen) atoms. The van der Waals surface area contributed by atoms with Crippen molar-refractivity contribution < 1.29 is 23.7 Å². The minimum Gasteiger partial charge on any atom is -0.382 e. The highest BCUT2D eigenvalue weighted by Crippen LogP contribution is 2.36. The molecule has 5 heteroatoms. The molecule has 0 aliphatic rings. The number of ether oxygens (including phenoxy) is 4. The van der Waals surface area contributed by atoms with Gasteiger partial charge in [0, 0.05) is 25.3 Å². The Kier molecular flexibility index (Phi) is 8.33. The van der Waals surface area contributed by atoms with Crippen LogP contribution in [0.4, 0.5) is 0 Å². The second-order valence-corrected chi connectivity index (χ2v) is 6.77. The molecule has 0 aliphatic carbocycles. The summed E-state index contributed by atoms with van der Waals surface area (Å²) in [5.74, 6) is -1.81. The number of carbonyl (C=O) groups is 1. The summed E-state index contributed by atoms with van der Waals surface area (Å²) >= 11 is 0. The molecule has 152 valence electrons. The molecule has 0 fully saturated rings. The molecular weight excluding hydrogens is 356 g/mol. The van der Waals surface area contributed by atoms with Crippen LogP contribution in [0.5, 0.6) is 0 Å². The van der Waals surface area contributed by atoms with E-state index in [9.17, 15) is 4.79 Å². The first-order valence-corrected chi connectivity index (χ1v) is 9.40. The zero-order chi connectivity index (χ0) is 20.6. The fraction of sp³-hybridized carbons (Fsp3) is 0.435. The normalized spacial score (nSPS) is 11.6. The maximum absolute atomic E-state index is 13.7. The maximum Gasteiger partial charge on any atom is 0.261 e. The molecule has 0 unspecified atom stereocenters. The summed E-state index contributed by atoms with van der Waals surface area (Å²) in [4.78, 5) is 13.7. The smallest absolute Gasteiger partial charge is 0.261 e. The molecular formula is C23H30O5. The number of methoxy groups -OCH3 is 2. The highest BCUT2D eigenvalue weighted by atomic mass is 16.7. The molecule has 2 rings (SSSR count). The van der Waals surface area contributed by atoms with E-state index in [2.05, 4.69) is 0 Å². The van der Waals surface area contributed by atoms with Gasteiger partial charge in [0.25, 0.3) is 5.79 Å². The van der Waals surface area contributed by atoms with Crippen LogP contribution in [0.3, 0.4) is 0 Å². The van der Waals surface area contributed by atoms with Gasteiger partial charge in [0.15, 0.2) is 0 Å². The number of rotatable bonds is 11. The molecule has 0 atom stereocenters. The zero-order valence-corrected chi connectivity index (χ0v) is 17.4. The van der Waals surface area contributed by atoms with Crippen LogP contribution in [0, 0.1) is 20.8 Å². The molecule has 0 spiro atoms. The standard InChI is InChI=1S/C23H30O5/c1-17-15-18(2)21(19(3)16-17)23(27-13-11-25-4,28-14-12-26-5)22(24)20-9-7-6-8-10-20/h6-10,15-16H,11-14H2,1-5H3. The van der Waals surface area contributed by atoms with Crippen LogP contribution in [0.15, 0.2) is 42.5 Å². The maximum atomic E-state index is 13.7. The Morgan fingerprint density at radius 3 is 1.79 bits per heavy atom. The van der Waals surface area contributed by atoms with Gasteiger partial charge in [-0.05, 0) is 31.9 Å². The second kappa shape index (κ2) is 10.5. The first kappa shape index (κ1) is 22.2. The topological polar surface area (TPSA) is 54.0 Å². The Morgan fingerprint density at radius 1 is 0.821 bits per heavy atom. The Labute approximate surface area is 167 Å².